The van der Waals surface area contributed by atoms with E-state index in [4.69, 9.17) is 5.73 Å². The van der Waals surface area contributed by atoms with Gasteiger partial charge in [-0.3, -0.25) is 4.55 Å². The molecule has 5 nitrogen and oxygen atoms in total. The van der Waals surface area contributed by atoms with Gasteiger partial charge < -0.3 is 10.8 Å². The molecular weight excluding hydrogens is 338 g/mol. The molecule has 0 aromatic carbocycles. The summed E-state index contributed by atoms with van der Waals surface area (Å²) in [5.74, 6) is -0.312. The van der Waals surface area contributed by atoms with Gasteiger partial charge in [0.2, 0.25) is 0 Å². The Labute approximate surface area is 155 Å². The van der Waals surface area contributed by atoms with Crippen molar-refractivity contribution in [2.45, 2.75) is 115 Å². The molecule has 0 amide bonds. The van der Waals surface area contributed by atoms with E-state index in [9.17, 15) is 18.1 Å². The predicted molar refractivity (Wildman–Crippen MR) is 105 cm³/mol. The van der Waals surface area contributed by atoms with Gasteiger partial charge in [0.1, 0.15) is 0 Å². The van der Waals surface area contributed by atoms with E-state index < -0.39 is 20.6 Å². The van der Waals surface area contributed by atoms with Crippen LogP contribution >= 0.6 is 0 Å². The molecule has 0 aliphatic carbocycles. The highest BCUT2D eigenvalue weighted by atomic mass is 32.2. The van der Waals surface area contributed by atoms with E-state index in [1.54, 1.807) is 13.8 Å². The van der Waals surface area contributed by atoms with E-state index >= 15 is 0 Å². The maximum absolute atomic E-state index is 11.6. The average Bonchev–Trinajstić information content (AvgIpc) is 2.54. The van der Waals surface area contributed by atoms with Crippen molar-refractivity contribution in [3.63, 3.8) is 0 Å². The monoisotopic (exact) mass is 379 g/mol. The van der Waals surface area contributed by atoms with Crippen LogP contribution in [0.15, 0.2) is 0 Å². The Morgan fingerprint density at radius 3 is 1.68 bits per heavy atom. The van der Waals surface area contributed by atoms with E-state index in [-0.39, 0.29) is 12.3 Å². The largest absolute Gasteiger partial charge is 0.387 e. The molecule has 3 atom stereocenters. The SMILES string of the molecule is CCCCCCCCCCCCC(C)C(C)(O)C(N)(CC)S(=O)(=O)O. The first-order chi connectivity index (χ1) is 11.5. The molecule has 0 fully saturated rings. The molecule has 0 spiro atoms. The zero-order valence-corrected chi connectivity index (χ0v) is 17.6. The Kier molecular flexibility index (Phi) is 11.4. The molecular formula is C19H41NO4S. The Bertz CT molecular complexity index is 450. The van der Waals surface area contributed by atoms with Gasteiger partial charge in [-0.15, -0.1) is 0 Å². The molecule has 4 N–H and O–H groups in total. The Morgan fingerprint density at radius 1 is 0.920 bits per heavy atom. The van der Waals surface area contributed by atoms with Crippen molar-refractivity contribution in [3.8, 4) is 0 Å². The van der Waals surface area contributed by atoms with Gasteiger partial charge in [0.15, 0.2) is 4.87 Å². The lowest BCUT2D eigenvalue weighted by molar-refractivity contribution is -0.0401. The smallest absolute Gasteiger partial charge is 0.286 e. The maximum Gasteiger partial charge on any atom is 0.286 e. The van der Waals surface area contributed by atoms with Crippen molar-refractivity contribution in [3.05, 3.63) is 0 Å². The molecule has 0 heterocycles. The number of hydrogen-bond acceptors (Lipinski definition) is 4. The van der Waals surface area contributed by atoms with E-state index in [0.717, 1.165) is 12.8 Å². The van der Waals surface area contributed by atoms with Crippen molar-refractivity contribution in [2.24, 2.45) is 11.7 Å². The molecule has 0 aromatic heterocycles. The third-order valence-electron chi connectivity index (χ3n) is 5.79. The second-order valence-electron chi connectivity index (χ2n) is 7.74. The number of rotatable bonds is 15. The first-order valence-electron chi connectivity index (χ1n) is 10.0. The third kappa shape index (κ3) is 7.53. The van der Waals surface area contributed by atoms with Crippen LogP contribution < -0.4 is 5.73 Å². The van der Waals surface area contributed by atoms with Gasteiger partial charge in [-0.2, -0.15) is 8.42 Å². The van der Waals surface area contributed by atoms with Crippen molar-refractivity contribution in [1.82, 2.24) is 0 Å². The highest BCUT2D eigenvalue weighted by Gasteiger charge is 2.54. The third-order valence-corrected chi connectivity index (χ3v) is 7.42. The molecule has 6 heteroatoms. The maximum atomic E-state index is 11.6. The topological polar surface area (TPSA) is 101 Å². The minimum absolute atomic E-state index is 0.0405. The molecule has 0 aliphatic heterocycles. The number of unbranched alkanes of at least 4 members (excludes halogenated alkanes) is 9. The van der Waals surface area contributed by atoms with Crippen LogP contribution in [-0.4, -0.2) is 28.5 Å². The molecule has 0 aromatic rings. The van der Waals surface area contributed by atoms with Crippen LogP contribution in [0, 0.1) is 5.92 Å². The van der Waals surface area contributed by atoms with Gasteiger partial charge in [-0.1, -0.05) is 85.0 Å². The van der Waals surface area contributed by atoms with Crippen molar-refractivity contribution in [1.29, 1.82) is 0 Å². The first-order valence-corrected chi connectivity index (χ1v) is 11.5. The molecule has 25 heavy (non-hydrogen) atoms. The minimum atomic E-state index is -4.54. The summed E-state index contributed by atoms with van der Waals surface area (Å²) in [5.41, 5.74) is 4.21. The first kappa shape index (κ1) is 24.8. The van der Waals surface area contributed by atoms with Gasteiger partial charge in [-0.25, -0.2) is 0 Å². The lowest BCUT2D eigenvalue weighted by Gasteiger charge is -2.43. The van der Waals surface area contributed by atoms with Crippen LogP contribution in [0.5, 0.6) is 0 Å². The second kappa shape index (κ2) is 11.5. The Balaban J connectivity index is 4.15. The quantitative estimate of drug-likeness (QED) is 0.284. The summed E-state index contributed by atoms with van der Waals surface area (Å²) >= 11 is 0. The second-order valence-corrected chi connectivity index (χ2v) is 9.42. The summed E-state index contributed by atoms with van der Waals surface area (Å²) in [4.78, 5) is -2.03. The lowest BCUT2D eigenvalue weighted by atomic mass is 9.79. The van der Waals surface area contributed by atoms with Gasteiger partial charge in [0.05, 0.1) is 5.60 Å². The minimum Gasteiger partial charge on any atom is -0.387 e. The summed E-state index contributed by atoms with van der Waals surface area (Å²) in [6.45, 7) is 7.01. The molecule has 0 saturated heterocycles. The summed E-state index contributed by atoms with van der Waals surface area (Å²) in [6, 6.07) is 0. The zero-order valence-electron chi connectivity index (χ0n) is 16.8. The van der Waals surface area contributed by atoms with Crippen LogP contribution in [0.4, 0.5) is 0 Å². The highest BCUT2D eigenvalue weighted by molar-refractivity contribution is 7.87. The van der Waals surface area contributed by atoms with Crippen LogP contribution in [0.2, 0.25) is 0 Å². The number of nitrogens with two attached hydrogens (primary N) is 1. The lowest BCUT2D eigenvalue weighted by Crippen LogP contribution is -2.66. The van der Waals surface area contributed by atoms with E-state index in [0.29, 0.717) is 6.42 Å². The summed E-state index contributed by atoms with van der Waals surface area (Å²) < 4.78 is 32.8. The number of aliphatic hydroxyl groups is 1. The summed E-state index contributed by atoms with van der Waals surface area (Å²) in [6.07, 6.45) is 12.9. The van der Waals surface area contributed by atoms with Crippen molar-refractivity contribution in [2.75, 3.05) is 0 Å². The normalized spacial score (nSPS) is 18.5. The van der Waals surface area contributed by atoms with E-state index in [1.807, 2.05) is 0 Å². The van der Waals surface area contributed by atoms with Gasteiger partial charge in [-0.05, 0) is 25.7 Å². The molecule has 152 valence electrons. The van der Waals surface area contributed by atoms with Crippen LogP contribution in [-0.2, 0) is 10.1 Å². The predicted octanol–water partition coefficient (Wildman–Crippen LogP) is 4.64. The Hall–Kier alpha value is -0.170. The van der Waals surface area contributed by atoms with Crippen LogP contribution in [0.3, 0.4) is 0 Å². The molecule has 0 saturated carbocycles. The van der Waals surface area contributed by atoms with E-state index in [1.165, 1.54) is 58.3 Å². The van der Waals surface area contributed by atoms with Crippen molar-refractivity contribution < 1.29 is 18.1 Å². The van der Waals surface area contributed by atoms with Gasteiger partial charge in [0, 0.05) is 0 Å². The van der Waals surface area contributed by atoms with Crippen LogP contribution in [0.1, 0.15) is 105 Å². The summed E-state index contributed by atoms with van der Waals surface area (Å²) in [5, 5.41) is 10.7. The zero-order chi connectivity index (χ0) is 19.6. The van der Waals surface area contributed by atoms with Gasteiger partial charge in [0.25, 0.3) is 10.1 Å². The molecule has 0 rings (SSSR count). The average molecular weight is 380 g/mol. The molecule has 3 unspecified atom stereocenters. The summed E-state index contributed by atoms with van der Waals surface area (Å²) in [7, 11) is -4.54. The van der Waals surface area contributed by atoms with Crippen molar-refractivity contribution >= 4 is 10.1 Å². The fourth-order valence-electron chi connectivity index (χ4n) is 3.44. The van der Waals surface area contributed by atoms with E-state index in [2.05, 4.69) is 6.92 Å². The standard InChI is InChI=1S/C19H41NO4S/c1-5-7-8-9-10-11-12-13-14-15-16-17(3)18(4,21)19(20,6-2)25(22,23)24/h17,21H,5-16,20H2,1-4H3,(H,22,23,24). The fourth-order valence-corrected chi connectivity index (χ4v) is 4.53. The van der Waals surface area contributed by atoms with Crippen LogP contribution in [0.25, 0.3) is 0 Å². The highest BCUT2D eigenvalue weighted by Crippen LogP contribution is 2.36. The molecule has 0 aliphatic rings. The molecule has 0 bridgehead atoms. The molecule has 0 radical (unpaired) electrons. The fraction of sp³-hybridized carbons (Fsp3) is 1.00. The number of hydrogen-bond donors (Lipinski definition) is 3. The van der Waals surface area contributed by atoms with Gasteiger partial charge >= 0.3 is 0 Å². The Morgan fingerprint density at radius 2 is 1.32 bits per heavy atom.